The van der Waals surface area contributed by atoms with E-state index in [1.807, 2.05) is 37.5 Å². The van der Waals surface area contributed by atoms with E-state index in [1.165, 1.54) is 17.8 Å². The minimum atomic E-state index is -1.07. The average Bonchev–Trinajstić information content (AvgIpc) is 2.87. The number of hydrogen-bond donors (Lipinski definition) is 2. The van der Waals surface area contributed by atoms with Crippen molar-refractivity contribution in [1.82, 2.24) is 14.8 Å². The van der Waals surface area contributed by atoms with E-state index in [0.717, 1.165) is 24.2 Å². The molecule has 1 amide bonds. The third-order valence-corrected chi connectivity index (χ3v) is 4.64. The fourth-order valence-corrected chi connectivity index (χ4v) is 3.02. The van der Waals surface area contributed by atoms with E-state index in [0.29, 0.717) is 24.5 Å². The Morgan fingerprint density at radius 1 is 1.33 bits per heavy atom. The first-order chi connectivity index (χ1) is 12.7. The number of nitrogens with one attached hydrogen (secondary N) is 1. The maximum Gasteiger partial charge on any atom is 0.339 e. The normalized spacial score (nSPS) is 10.7. The van der Waals surface area contributed by atoms with E-state index in [2.05, 4.69) is 15.4 Å². The van der Waals surface area contributed by atoms with Crippen LogP contribution in [0.2, 0.25) is 0 Å². The largest absolute Gasteiger partial charge is 0.478 e. The number of carboxylic acid groups (broad SMARTS) is 1. The van der Waals surface area contributed by atoms with Gasteiger partial charge in [-0.25, -0.2) is 9.78 Å². The molecule has 2 rings (SSSR count). The summed E-state index contributed by atoms with van der Waals surface area (Å²) >= 11 is 0. The number of aryl methyl sites for hydroxylation is 2. The van der Waals surface area contributed by atoms with E-state index in [-0.39, 0.29) is 11.5 Å². The molecule has 0 saturated heterocycles. The molecule has 0 bridgehead atoms. The summed E-state index contributed by atoms with van der Waals surface area (Å²) in [5.41, 5.74) is 3.86. The molecular formula is C19H27N5O3. The van der Waals surface area contributed by atoms with E-state index < -0.39 is 5.97 Å². The molecule has 146 valence electrons. The molecule has 2 aromatic rings. The van der Waals surface area contributed by atoms with Gasteiger partial charge in [-0.15, -0.1) is 0 Å². The Kier molecular flexibility index (Phi) is 6.55. The van der Waals surface area contributed by atoms with Gasteiger partial charge in [0.25, 0.3) is 0 Å². The maximum atomic E-state index is 11.6. The van der Waals surface area contributed by atoms with Crippen molar-refractivity contribution in [3.63, 3.8) is 0 Å². The molecule has 0 unspecified atom stereocenters. The van der Waals surface area contributed by atoms with Gasteiger partial charge in [0, 0.05) is 32.8 Å². The number of amides is 1. The van der Waals surface area contributed by atoms with Crippen LogP contribution in [0.5, 0.6) is 0 Å². The number of carbonyl (C=O) groups excluding carboxylic acids is 1. The second-order valence-corrected chi connectivity index (χ2v) is 6.60. The van der Waals surface area contributed by atoms with Crippen LogP contribution in [0.1, 0.15) is 47.1 Å². The number of hydrogen-bond acceptors (Lipinski definition) is 5. The molecule has 0 aliphatic rings. The van der Waals surface area contributed by atoms with Crippen molar-refractivity contribution in [2.75, 3.05) is 23.8 Å². The number of pyridine rings is 1. The molecule has 0 aliphatic carbocycles. The summed E-state index contributed by atoms with van der Waals surface area (Å²) in [6, 6.07) is 1.45. The van der Waals surface area contributed by atoms with Gasteiger partial charge in [-0.3, -0.25) is 9.48 Å². The topological polar surface area (TPSA) is 100 Å². The predicted octanol–water partition coefficient (Wildman–Crippen LogP) is 2.55. The standard InChI is InChI=1S/C19H27N5O3/c1-6-17(25)21-14-10-16(19(26)27)18(20-11-14)23(4)9-7-8-15-12(2)22-24(5)13(15)3/h10-11H,6-9H2,1-5H3,(H,21,25)(H,26,27). The summed E-state index contributed by atoms with van der Waals surface area (Å²) in [6.45, 7) is 6.43. The van der Waals surface area contributed by atoms with Gasteiger partial charge in [-0.05, 0) is 38.3 Å². The summed E-state index contributed by atoms with van der Waals surface area (Å²) in [7, 11) is 3.75. The molecule has 8 heteroatoms. The summed E-state index contributed by atoms with van der Waals surface area (Å²) in [5, 5.41) is 16.6. The first kappa shape index (κ1) is 20.4. The van der Waals surface area contributed by atoms with Crippen molar-refractivity contribution in [3.8, 4) is 0 Å². The molecule has 0 spiro atoms. The number of carbonyl (C=O) groups is 2. The van der Waals surface area contributed by atoms with Crippen molar-refractivity contribution in [1.29, 1.82) is 0 Å². The van der Waals surface area contributed by atoms with E-state index in [4.69, 9.17) is 0 Å². The first-order valence-corrected chi connectivity index (χ1v) is 8.98. The van der Waals surface area contributed by atoms with Gasteiger partial charge in [0.1, 0.15) is 11.4 Å². The van der Waals surface area contributed by atoms with Gasteiger partial charge in [0.05, 0.1) is 17.6 Å². The molecule has 8 nitrogen and oxygen atoms in total. The number of rotatable bonds is 8. The third kappa shape index (κ3) is 4.84. The highest BCUT2D eigenvalue weighted by atomic mass is 16.4. The van der Waals surface area contributed by atoms with Crippen LogP contribution >= 0.6 is 0 Å². The SMILES string of the molecule is CCC(=O)Nc1cnc(N(C)CCCc2c(C)nn(C)c2C)c(C(=O)O)c1. The first-order valence-electron chi connectivity index (χ1n) is 8.98. The molecule has 0 saturated carbocycles. The smallest absolute Gasteiger partial charge is 0.339 e. The van der Waals surface area contributed by atoms with Crippen LogP contribution in [0.15, 0.2) is 12.3 Å². The minimum absolute atomic E-state index is 0.0696. The molecule has 0 atom stereocenters. The van der Waals surface area contributed by atoms with Gasteiger partial charge in [0.2, 0.25) is 5.91 Å². The quantitative estimate of drug-likeness (QED) is 0.737. The van der Waals surface area contributed by atoms with Crippen LogP contribution in [0.3, 0.4) is 0 Å². The molecule has 2 N–H and O–H groups in total. The van der Waals surface area contributed by atoms with E-state index in [1.54, 1.807) is 6.92 Å². The average molecular weight is 373 g/mol. The van der Waals surface area contributed by atoms with Crippen molar-refractivity contribution < 1.29 is 14.7 Å². The zero-order valence-corrected chi connectivity index (χ0v) is 16.5. The van der Waals surface area contributed by atoms with Gasteiger partial charge >= 0.3 is 5.97 Å². The predicted molar refractivity (Wildman–Crippen MR) is 104 cm³/mol. The fourth-order valence-electron chi connectivity index (χ4n) is 3.02. The van der Waals surface area contributed by atoms with Crippen molar-refractivity contribution in [2.45, 2.75) is 40.0 Å². The summed E-state index contributed by atoms with van der Waals surface area (Å²) in [6.07, 6.45) is 3.51. The Bertz CT molecular complexity index is 844. The molecule has 0 aromatic carbocycles. The van der Waals surface area contributed by atoms with Crippen molar-refractivity contribution in [2.24, 2.45) is 7.05 Å². The molecule has 0 aliphatic heterocycles. The number of anilines is 2. The zero-order chi connectivity index (χ0) is 20.1. The number of aromatic carboxylic acids is 1. The van der Waals surface area contributed by atoms with Crippen molar-refractivity contribution >= 4 is 23.4 Å². The Morgan fingerprint density at radius 3 is 2.59 bits per heavy atom. The molecule has 2 heterocycles. The Labute approximate surface area is 159 Å². The lowest BCUT2D eigenvalue weighted by Crippen LogP contribution is -2.23. The van der Waals surface area contributed by atoms with Crippen LogP contribution in [-0.4, -0.2) is 45.3 Å². The third-order valence-electron chi connectivity index (χ3n) is 4.64. The van der Waals surface area contributed by atoms with Gasteiger partial charge in [-0.1, -0.05) is 6.92 Å². The second kappa shape index (κ2) is 8.66. The van der Waals surface area contributed by atoms with Gasteiger partial charge in [0.15, 0.2) is 0 Å². The Morgan fingerprint density at radius 2 is 2.04 bits per heavy atom. The van der Waals surface area contributed by atoms with Crippen LogP contribution in [-0.2, 0) is 18.3 Å². The summed E-state index contributed by atoms with van der Waals surface area (Å²) in [4.78, 5) is 29.2. The highest BCUT2D eigenvalue weighted by Crippen LogP contribution is 2.22. The summed E-state index contributed by atoms with van der Waals surface area (Å²) < 4.78 is 1.88. The van der Waals surface area contributed by atoms with E-state index >= 15 is 0 Å². The highest BCUT2D eigenvalue weighted by molar-refractivity contribution is 5.96. The molecular weight excluding hydrogens is 346 g/mol. The highest BCUT2D eigenvalue weighted by Gasteiger charge is 2.17. The lowest BCUT2D eigenvalue weighted by molar-refractivity contribution is -0.115. The lowest BCUT2D eigenvalue weighted by Gasteiger charge is -2.20. The maximum absolute atomic E-state index is 11.6. The van der Waals surface area contributed by atoms with Crippen LogP contribution < -0.4 is 10.2 Å². The Balaban J connectivity index is 2.09. The zero-order valence-electron chi connectivity index (χ0n) is 16.5. The lowest BCUT2D eigenvalue weighted by atomic mass is 10.1. The number of carboxylic acids is 1. The molecule has 0 fully saturated rings. The molecule has 2 aromatic heterocycles. The van der Waals surface area contributed by atoms with Crippen LogP contribution in [0.25, 0.3) is 0 Å². The van der Waals surface area contributed by atoms with E-state index in [9.17, 15) is 14.7 Å². The fraction of sp³-hybridized carbons (Fsp3) is 0.474. The molecule has 0 radical (unpaired) electrons. The number of nitrogens with zero attached hydrogens (tertiary/aromatic N) is 4. The monoisotopic (exact) mass is 373 g/mol. The summed E-state index contributed by atoms with van der Waals surface area (Å²) in [5.74, 6) is -0.871. The van der Waals surface area contributed by atoms with Crippen LogP contribution in [0.4, 0.5) is 11.5 Å². The number of aromatic nitrogens is 3. The molecule has 27 heavy (non-hydrogen) atoms. The Hall–Kier alpha value is -2.90. The van der Waals surface area contributed by atoms with Crippen molar-refractivity contribution in [3.05, 3.63) is 34.8 Å². The van der Waals surface area contributed by atoms with Gasteiger partial charge in [-0.2, -0.15) is 5.10 Å². The minimum Gasteiger partial charge on any atom is -0.478 e. The van der Waals surface area contributed by atoms with Crippen LogP contribution in [0, 0.1) is 13.8 Å². The van der Waals surface area contributed by atoms with Gasteiger partial charge < -0.3 is 15.3 Å². The second-order valence-electron chi connectivity index (χ2n) is 6.60.